The van der Waals surface area contributed by atoms with E-state index in [0.717, 1.165) is 22.9 Å². The van der Waals surface area contributed by atoms with Gasteiger partial charge in [0.25, 0.3) is 0 Å². The van der Waals surface area contributed by atoms with Crippen LogP contribution in [0.2, 0.25) is 0 Å². The van der Waals surface area contributed by atoms with Gasteiger partial charge >= 0.3 is 5.97 Å². The average Bonchev–Trinajstić information content (AvgIpc) is 2.85. The average molecular weight is 286 g/mol. The number of H-pyrrole nitrogens is 1. The first kappa shape index (κ1) is 15.3. The van der Waals surface area contributed by atoms with Crippen molar-refractivity contribution in [1.82, 2.24) is 10.3 Å². The van der Waals surface area contributed by atoms with Gasteiger partial charge in [0.15, 0.2) is 0 Å². The quantitative estimate of drug-likeness (QED) is 0.715. The maximum absolute atomic E-state index is 11.2. The molecule has 0 saturated heterocycles. The van der Waals surface area contributed by atoms with Crippen molar-refractivity contribution >= 4 is 16.9 Å². The monoisotopic (exact) mass is 286 g/mol. The summed E-state index contributed by atoms with van der Waals surface area (Å²) in [5.74, 6) is -0.825. The lowest BCUT2D eigenvalue weighted by Gasteiger charge is -2.11. The van der Waals surface area contributed by atoms with Crippen molar-refractivity contribution in [2.75, 3.05) is 7.05 Å². The van der Waals surface area contributed by atoms with Crippen molar-refractivity contribution in [3.05, 3.63) is 47.2 Å². The number of aromatic nitrogens is 1. The van der Waals surface area contributed by atoms with Gasteiger partial charge in [0.1, 0.15) is 6.04 Å². The van der Waals surface area contributed by atoms with Crippen molar-refractivity contribution < 1.29 is 9.90 Å². The van der Waals surface area contributed by atoms with Crippen molar-refractivity contribution in [3.63, 3.8) is 0 Å². The van der Waals surface area contributed by atoms with Crippen LogP contribution in [0, 0.1) is 0 Å². The Morgan fingerprint density at radius 2 is 2.14 bits per heavy atom. The minimum absolute atomic E-state index is 0.470. The summed E-state index contributed by atoms with van der Waals surface area (Å²) >= 11 is 0. The number of rotatable bonds is 6. The number of aromatic amines is 1. The Morgan fingerprint density at radius 3 is 2.76 bits per heavy atom. The minimum atomic E-state index is -0.825. The second-order valence-electron chi connectivity index (χ2n) is 5.52. The summed E-state index contributed by atoms with van der Waals surface area (Å²) in [6, 6.07) is 5.60. The number of likely N-dealkylation sites (N-methyl/N-ethyl adjacent to an activating group) is 1. The lowest BCUT2D eigenvalue weighted by molar-refractivity contribution is -0.139. The maximum atomic E-state index is 11.2. The van der Waals surface area contributed by atoms with Crippen LogP contribution in [-0.4, -0.2) is 29.1 Å². The molecular weight excluding hydrogens is 264 g/mol. The number of carboxylic acids is 1. The van der Waals surface area contributed by atoms with Crippen LogP contribution in [0.3, 0.4) is 0 Å². The molecule has 0 spiro atoms. The van der Waals surface area contributed by atoms with Gasteiger partial charge < -0.3 is 15.4 Å². The molecule has 0 aliphatic rings. The van der Waals surface area contributed by atoms with Gasteiger partial charge in [-0.3, -0.25) is 4.79 Å². The van der Waals surface area contributed by atoms with Gasteiger partial charge in [-0.2, -0.15) is 0 Å². The van der Waals surface area contributed by atoms with Crippen LogP contribution in [0.15, 0.2) is 36.0 Å². The highest BCUT2D eigenvalue weighted by molar-refractivity contribution is 5.87. The molecule has 2 rings (SSSR count). The van der Waals surface area contributed by atoms with Crippen LogP contribution in [0.1, 0.15) is 25.0 Å². The van der Waals surface area contributed by atoms with Gasteiger partial charge in [-0.25, -0.2) is 0 Å². The highest BCUT2D eigenvalue weighted by Crippen LogP contribution is 2.24. The van der Waals surface area contributed by atoms with Crippen molar-refractivity contribution in [3.8, 4) is 0 Å². The van der Waals surface area contributed by atoms with Crippen LogP contribution >= 0.6 is 0 Å². The Kier molecular flexibility index (Phi) is 4.81. The van der Waals surface area contributed by atoms with Gasteiger partial charge in [-0.15, -0.1) is 0 Å². The zero-order valence-electron chi connectivity index (χ0n) is 12.7. The summed E-state index contributed by atoms with van der Waals surface area (Å²) in [6.07, 6.45) is 5.45. The normalized spacial score (nSPS) is 12.3. The number of hydrogen-bond acceptors (Lipinski definition) is 2. The van der Waals surface area contributed by atoms with Gasteiger partial charge in [0.2, 0.25) is 0 Å². The highest BCUT2D eigenvalue weighted by atomic mass is 16.4. The Balaban J connectivity index is 2.40. The van der Waals surface area contributed by atoms with Crippen LogP contribution in [0.25, 0.3) is 10.9 Å². The molecule has 0 amide bonds. The number of fused-ring (bicyclic) bond motifs is 1. The third-order valence-corrected chi connectivity index (χ3v) is 3.67. The number of carbonyl (C=O) groups is 1. The zero-order chi connectivity index (χ0) is 15.4. The summed E-state index contributed by atoms with van der Waals surface area (Å²) in [6.45, 7) is 4.17. The van der Waals surface area contributed by atoms with Crippen LogP contribution in [0.4, 0.5) is 0 Å². The molecule has 0 bridgehead atoms. The maximum Gasteiger partial charge on any atom is 0.321 e. The molecule has 3 N–H and O–H groups in total. The van der Waals surface area contributed by atoms with E-state index in [0.29, 0.717) is 6.42 Å². The Labute approximate surface area is 124 Å². The molecule has 21 heavy (non-hydrogen) atoms. The fraction of sp³-hybridized carbons (Fsp3) is 0.353. The molecule has 0 aliphatic carbocycles. The smallest absolute Gasteiger partial charge is 0.321 e. The van der Waals surface area contributed by atoms with E-state index in [9.17, 15) is 9.90 Å². The van der Waals surface area contributed by atoms with E-state index in [-0.39, 0.29) is 0 Å². The number of allylic oxidation sites excluding steroid dienone is 2. The number of benzene rings is 1. The summed E-state index contributed by atoms with van der Waals surface area (Å²) in [5.41, 5.74) is 4.61. The highest BCUT2D eigenvalue weighted by Gasteiger charge is 2.18. The van der Waals surface area contributed by atoms with Crippen LogP contribution in [0.5, 0.6) is 0 Å². The first-order valence-electron chi connectivity index (χ1n) is 7.14. The van der Waals surface area contributed by atoms with Gasteiger partial charge in [0, 0.05) is 23.5 Å². The predicted molar refractivity (Wildman–Crippen MR) is 85.6 cm³/mol. The Morgan fingerprint density at radius 1 is 1.38 bits per heavy atom. The summed E-state index contributed by atoms with van der Waals surface area (Å²) in [4.78, 5) is 14.5. The lowest BCUT2D eigenvalue weighted by atomic mass is 9.99. The lowest BCUT2D eigenvalue weighted by Crippen LogP contribution is -2.35. The Bertz CT molecular complexity index is 666. The second kappa shape index (κ2) is 6.59. The first-order valence-corrected chi connectivity index (χ1v) is 7.14. The van der Waals surface area contributed by atoms with Crippen molar-refractivity contribution in [1.29, 1.82) is 0 Å². The van der Waals surface area contributed by atoms with E-state index in [2.05, 4.69) is 36.3 Å². The molecule has 0 radical (unpaired) electrons. The largest absolute Gasteiger partial charge is 0.480 e. The van der Waals surface area contributed by atoms with Crippen molar-refractivity contribution in [2.24, 2.45) is 0 Å². The summed E-state index contributed by atoms with van der Waals surface area (Å²) in [5, 5.41) is 13.2. The molecule has 0 fully saturated rings. The molecule has 4 nitrogen and oxygen atoms in total. The first-order chi connectivity index (χ1) is 10.0. The number of hydrogen-bond donors (Lipinski definition) is 3. The standard InChI is InChI=1S/C17H22N2O2/c1-11(2)7-8-12-5-4-6-14-16(12)13(10-19-14)9-15(18-3)17(20)21/h4-7,10,15,18-19H,8-9H2,1-3H3,(H,20,21). The van der Waals surface area contributed by atoms with E-state index in [4.69, 9.17) is 0 Å². The van der Waals surface area contributed by atoms with Crippen molar-refractivity contribution in [2.45, 2.75) is 32.7 Å². The SMILES string of the molecule is CNC(Cc1c[nH]c2cccc(CC=C(C)C)c12)C(=O)O. The molecule has 2 aromatic rings. The van der Waals surface area contributed by atoms with E-state index in [1.165, 1.54) is 11.1 Å². The summed E-state index contributed by atoms with van der Waals surface area (Å²) < 4.78 is 0. The topological polar surface area (TPSA) is 65.1 Å². The van der Waals surface area contributed by atoms with Gasteiger partial charge in [-0.05, 0) is 44.5 Å². The number of aliphatic carboxylic acids is 1. The molecule has 0 aliphatic heterocycles. The molecule has 112 valence electrons. The summed E-state index contributed by atoms with van der Waals surface area (Å²) in [7, 11) is 1.68. The minimum Gasteiger partial charge on any atom is -0.480 e. The van der Waals surface area contributed by atoms with E-state index < -0.39 is 12.0 Å². The predicted octanol–water partition coefficient (Wildman–Crippen LogP) is 2.89. The number of carboxylic acid groups (broad SMARTS) is 1. The number of nitrogens with one attached hydrogen (secondary N) is 2. The molecule has 1 aromatic heterocycles. The van der Waals surface area contributed by atoms with E-state index in [1.807, 2.05) is 18.3 Å². The Hall–Kier alpha value is -2.07. The molecule has 1 heterocycles. The van der Waals surface area contributed by atoms with Crippen LogP contribution < -0.4 is 5.32 Å². The molecule has 1 atom stereocenters. The van der Waals surface area contributed by atoms with E-state index in [1.54, 1.807) is 7.05 Å². The molecule has 0 saturated carbocycles. The second-order valence-corrected chi connectivity index (χ2v) is 5.52. The van der Waals surface area contributed by atoms with Gasteiger partial charge in [-0.1, -0.05) is 23.8 Å². The molecule has 4 heteroatoms. The fourth-order valence-electron chi connectivity index (χ4n) is 2.51. The van der Waals surface area contributed by atoms with Gasteiger partial charge in [0.05, 0.1) is 0 Å². The van der Waals surface area contributed by atoms with Crippen LogP contribution in [-0.2, 0) is 17.6 Å². The molecule has 1 aromatic carbocycles. The molecule has 1 unspecified atom stereocenters. The molecular formula is C17H22N2O2. The van der Waals surface area contributed by atoms with E-state index >= 15 is 0 Å². The fourth-order valence-corrected chi connectivity index (χ4v) is 2.51. The third-order valence-electron chi connectivity index (χ3n) is 3.67. The third kappa shape index (κ3) is 3.52. The zero-order valence-corrected chi connectivity index (χ0v) is 12.7.